The minimum absolute atomic E-state index is 0.291. The zero-order chi connectivity index (χ0) is 13.2. The van der Waals surface area contributed by atoms with Gasteiger partial charge in [0.05, 0.1) is 11.9 Å². The van der Waals surface area contributed by atoms with Crippen molar-refractivity contribution in [2.75, 3.05) is 0 Å². The first kappa shape index (κ1) is 12.5. The maximum atomic E-state index is 12.0. The lowest BCUT2D eigenvalue weighted by atomic mass is 10.0. The summed E-state index contributed by atoms with van der Waals surface area (Å²) in [7, 11) is 0. The molecule has 0 amide bonds. The molecule has 0 bridgehead atoms. The van der Waals surface area contributed by atoms with Crippen LogP contribution >= 0.6 is 0 Å². The number of halogens is 3. The fourth-order valence-electron chi connectivity index (χ4n) is 1.65. The molecule has 1 aromatic carbocycles. The van der Waals surface area contributed by atoms with E-state index in [9.17, 15) is 18.0 Å². The quantitative estimate of drug-likeness (QED) is 0.779. The van der Waals surface area contributed by atoms with Crippen LogP contribution in [0.2, 0.25) is 0 Å². The molecule has 18 heavy (non-hydrogen) atoms. The standard InChI is InChI=1S/C13H10F3NO/c14-13(15,16)6-5-12(18)10-3-4-11-9(8-10)2-1-7-17-11/h1-4,7-8H,5-6H2. The van der Waals surface area contributed by atoms with E-state index < -0.39 is 24.8 Å². The van der Waals surface area contributed by atoms with Crippen LogP contribution in [0, 0.1) is 0 Å². The Bertz CT molecular complexity index is 578. The van der Waals surface area contributed by atoms with Gasteiger partial charge in [-0.15, -0.1) is 0 Å². The Morgan fingerprint density at radius 2 is 2.00 bits per heavy atom. The number of hydrogen-bond acceptors (Lipinski definition) is 2. The Morgan fingerprint density at radius 3 is 2.72 bits per heavy atom. The molecule has 2 aromatic rings. The average molecular weight is 253 g/mol. The van der Waals surface area contributed by atoms with Crippen LogP contribution in [0.3, 0.4) is 0 Å². The summed E-state index contributed by atoms with van der Waals surface area (Å²) in [6.45, 7) is 0. The summed E-state index contributed by atoms with van der Waals surface area (Å²) in [5, 5.41) is 0.746. The van der Waals surface area contributed by atoms with Crippen molar-refractivity contribution in [3.63, 3.8) is 0 Å². The normalized spacial score (nSPS) is 11.7. The second kappa shape index (κ2) is 4.76. The molecule has 2 rings (SSSR count). The van der Waals surface area contributed by atoms with E-state index >= 15 is 0 Å². The van der Waals surface area contributed by atoms with Crippen molar-refractivity contribution in [3.8, 4) is 0 Å². The van der Waals surface area contributed by atoms with Crippen LogP contribution in [-0.2, 0) is 0 Å². The highest BCUT2D eigenvalue weighted by molar-refractivity contribution is 5.99. The molecule has 0 fully saturated rings. The third-order valence-corrected chi connectivity index (χ3v) is 2.56. The molecular formula is C13H10F3NO. The van der Waals surface area contributed by atoms with Gasteiger partial charge in [0.25, 0.3) is 0 Å². The second-order valence-electron chi connectivity index (χ2n) is 3.95. The van der Waals surface area contributed by atoms with Gasteiger partial charge in [-0.3, -0.25) is 9.78 Å². The summed E-state index contributed by atoms with van der Waals surface area (Å²) in [5.41, 5.74) is 1.00. The number of Topliss-reactive ketones (excluding diaryl/α,β-unsaturated/α-hetero) is 1. The molecule has 1 heterocycles. The van der Waals surface area contributed by atoms with E-state index in [1.807, 2.05) is 0 Å². The van der Waals surface area contributed by atoms with Crippen LogP contribution in [-0.4, -0.2) is 16.9 Å². The number of carbonyl (C=O) groups excluding carboxylic acids is 1. The predicted molar refractivity (Wildman–Crippen MR) is 61.4 cm³/mol. The molecule has 0 aliphatic carbocycles. The fraction of sp³-hybridized carbons (Fsp3) is 0.231. The zero-order valence-corrected chi connectivity index (χ0v) is 9.37. The van der Waals surface area contributed by atoms with Gasteiger partial charge < -0.3 is 0 Å². The number of fused-ring (bicyclic) bond motifs is 1. The molecule has 0 radical (unpaired) electrons. The van der Waals surface area contributed by atoms with Crippen molar-refractivity contribution in [1.82, 2.24) is 4.98 Å². The Hall–Kier alpha value is -1.91. The molecule has 0 saturated carbocycles. The second-order valence-corrected chi connectivity index (χ2v) is 3.95. The molecule has 0 saturated heterocycles. The highest BCUT2D eigenvalue weighted by atomic mass is 19.4. The number of nitrogens with zero attached hydrogens (tertiary/aromatic N) is 1. The molecule has 0 aliphatic heterocycles. The molecule has 0 atom stereocenters. The van der Waals surface area contributed by atoms with Gasteiger partial charge in [0, 0.05) is 23.6 Å². The Balaban J connectivity index is 2.18. The number of aromatic nitrogens is 1. The van der Waals surface area contributed by atoms with Crippen molar-refractivity contribution in [3.05, 3.63) is 42.1 Å². The van der Waals surface area contributed by atoms with E-state index in [0.29, 0.717) is 11.1 Å². The predicted octanol–water partition coefficient (Wildman–Crippen LogP) is 3.76. The van der Waals surface area contributed by atoms with E-state index in [4.69, 9.17) is 0 Å². The van der Waals surface area contributed by atoms with Crippen molar-refractivity contribution >= 4 is 16.7 Å². The summed E-state index contributed by atoms with van der Waals surface area (Å²) in [5.74, 6) is -0.502. The van der Waals surface area contributed by atoms with Crippen molar-refractivity contribution in [2.24, 2.45) is 0 Å². The van der Waals surface area contributed by atoms with Gasteiger partial charge in [-0.05, 0) is 24.3 Å². The summed E-state index contributed by atoms with van der Waals surface area (Å²) in [6.07, 6.45) is -4.28. The number of ketones is 1. The van der Waals surface area contributed by atoms with Crippen molar-refractivity contribution in [2.45, 2.75) is 19.0 Å². The van der Waals surface area contributed by atoms with E-state index in [1.165, 1.54) is 6.07 Å². The van der Waals surface area contributed by atoms with Crippen LogP contribution in [0.25, 0.3) is 10.9 Å². The molecule has 94 valence electrons. The van der Waals surface area contributed by atoms with Gasteiger partial charge in [0.2, 0.25) is 0 Å². The maximum absolute atomic E-state index is 12.0. The van der Waals surface area contributed by atoms with Crippen LogP contribution in [0.15, 0.2) is 36.5 Å². The topological polar surface area (TPSA) is 30.0 Å². The van der Waals surface area contributed by atoms with Gasteiger partial charge in [0.1, 0.15) is 0 Å². The summed E-state index contributed by atoms with van der Waals surface area (Å²) < 4.78 is 36.1. The third-order valence-electron chi connectivity index (χ3n) is 2.56. The summed E-state index contributed by atoms with van der Waals surface area (Å²) in [6, 6.07) is 8.19. The number of pyridine rings is 1. The third kappa shape index (κ3) is 3.06. The molecule has 0 unspecified atom stereocenters. The van der Waals surface area contributed by atoms with E-state index in [1.54, 1.807) is 30.5 Å². The molecule has 1 aromatic heterocycles. The smallest absolute Gasteiger partial charge is 0.294 e. The maximum Gasteiger partial charge on any atom is 0.389 e. The lowest BCUT2D eigenvalue weighted by molar-refractivity contribution is -0.133. The highest BCUT2D eigenvalue weighted by Crippen LogP contribution is 2.23. The minimum Gasteiger partial charge on any atom is -0.294 e. The molecule has 0 N–H and O–H groups in total. The molecule has 5 heteroatoms. The lowest BCUT2D eigenvalue weighted by Gasteiger charge is -2.06. The highest BCUT2D eigenvalue weighted by Gasteiger charge is 2.28. The zero-order valence-electron chi connectivity index (χ0n) is 9.37. The van der Waals surface area contributed by atoms with Gasteiger partial charge in [0.15, 0.2) is 5.78 Å². The van der Waals surface area contributed by atoms with Gasteiger partial charge in [-0.1, -0.05) is 6.07 Å². The Labute approximate surface area is 101 Å². The molecular weight excluding hydrogens is 243 g/mol. The van der Waals surface area contributed by atoms with E-state index in [0.717, 1.165) is 5.39 Å². The Kier molecular flexibility index (Phi) is 3.32. The first-order valence-corrected chi connectivity index (χ1v) is 5.40. The van der Waals surface area contributed by atoms with Crippen LogP contribution in [0.1, 0.15) is 23.2 Å². The van der Waals surface area contributed by atoms with Crippen molar-refractivity contribution in [1.29, 1.82) is 0 Å². The van der Waals surface area contributed by atoms with Crippen LogP contribution < -0.4 is 0 Å². The number of alkyl halides is 3. The van der Waals surface area contributed by atoms with Crippen LogP contribution in [0.4, 0.5) is 13.2 Å². The summed E-state index contributed by atoms with van der Waals surface area (Å²) in [4.78, 5) is 15.7. The summed E-state index contributed by atoms with van der Waals surface area (Å²) >= 11 is 0. The number of hydrogen-bond donors (Lipinski definition) is 0. The lowest BCUT2D eigenvalue weighted by Crippen LogP contribution is -2.10. The van der Waals surface area contributed by atoms with Gasteiger partial charge >= 0.3 is 6.18 Å². The van der Waals surface area contributed by atoms with E-state index in [-0.39, 0.29) is 0 Å². The number of rotatable bonds is 3. The fourth-order valence-corrected chi connectivity index (χ4v) is 1.65. The molecule has 2 nitrogen and oxygen atoms in total. The van der Waals surface area contributed by atoms with Gasteiger partial charge in [-0.25, -0.2) is 0 Å². The molecule has 0 spiro atoms. The first-order chi connectivity index (χ1) is 8.46. The Morgan fingerprint density at radius 1 is 1.22 bits per heavy atom. The van der Waals surface area contributed by atoms with Gasteiger partial charge in [-0.2, -0.15) is 13.2 Å². The average Bonchev–Trinajstić information content (AvgIpc) is 2.34. The van der Waals surface area contributed by atoms with Crippen molar-refractivity contribution < 1.29 is 18.0 Å². The van der Waals surface area contributed by atoms with E-state index in [2.05, 4.69) is 4.98 Å². The minimum atomic E-state index is -4.30. The number of carbonyl (C=O) groups is 1. The van der Waals surface area contributed by atoms with Crippen LogP contribution in [0.5, 0.6) is 0 Å². The first-order valence-electron chi connectivity index (χ1n) is 5.40. The number of benzene rings is 1. The molecule has 0 aliphatic rings. The largest absolute Gasteiger partial charge is 0.389 e. The SMILES string of the molecule is O=C(CCC(F)(F)F)c1ccc2ncccc2c1. The monoisotopic (exact) mass is 253 g/mol.